The normalized spacial score (nSPS) is 32.3. The van der Waals surface area contributed by atoms with Crippen LogP contribution in [-0.2, 0) is 12.0 Å². The van der Waals surface area contributed by atoms with Gasteiger partial charge in [0.1, 0.15) is 5.75 Å². The Labute approximate surface area is 122 Å². The molecule has 1 heterocycles. The molecule has 20 heavy (non-hydrogen) atoms. The Kier molecular flexibility index (Phi) is 3.32. The number of fused-ring (bicyclic) bond motifs is 1. The third-order valence-corrected chi connectivity index (χ3v) is 4.79. The first kappa shape index (κ1) is 13.9. The Balaban J connectivity index is 2.03. The fraction of sp³-hybridized carbons (Fsp3) is 0.667. The van der Waals surface area contributed by atoms with Gasteiger partial charge in [0, 0.05) is 5.56 Å². The summed E-state index contributed by atoms with van der Waals surface area (Å²) in [5, 5.41) is 11.3. The van der Waals surface area contributed by atoms with Crippen molar-refractivity contribution in [1.82, 2.24) is 0 Å². The van der Waals surface area contributed by atoms with Crippen LogP contribution in [0.1, 0.15) is 57.6 Å². The first-order chi connectivity index (χ1) is 9.40. The average molecular weight is 274 g/mol. The van der Waals surface area contributed by atoms with E-state index in [1.165, 1.54) is 12.0 Å². The number of hydrogen-bond acceptors (Lipinski definition) is 2. The Hall–Kier alpha value is -1.02. The van der Waals surface area contributed by atoms with Gasteiger partial charge in [-0.3, -0.25) is 0 Å². The van der Waals surface area contributed by atoms with E-state index in [4.69, 9.17) is 4.74 Å². The van der Waals surface area contributed by atoms with Crippen molar-refractivity contribution in [3.63, 3.8) is 0 Å². The van der Waals surface area contributed by atoms with Gasteiger partial charge < -0.3 is 9.84 Å². The molecule has 0 aromatic heterocycles. The van der Waals surface area contributed by atoms with Gasteiger partial charge in [0.15, 0.2) is 0 Å². The van der Waals surface area contributed by atoms with Crippen LogP contribution in [0.4, 0.5) is 0 Å². The Bertz CT molecular complexity index is 506. The molecule has 3 rings (SSSR count). The lowest BCUT2D eigenvalue weighted by Gasteiger charge is -2.45. The Morgan fingerprint density at radius 1 is 1.25 bits per heavy atom. The summed E-state index contributed by atoms with van der Waals surface area (Å²) >= 11 is 0. The minimum Gasteiger partial charge on any atom is -0.493 e. The molecule has 1 aromatic carbocycles. The van der Waals surface area contributed by atoms with Crippen LogP contribution in [-0.4, -0.2) is 11.7 Å². The quantitative estimate of drug-likeness (QED) is 0.837. The van der Waals surface area contributed by atoms with Crippen LogP contribution in [0.15, 0.2) is 18.2 Å². The Morgan fingerprint density at radius 3 is 2.80 bits per heavy atom. The van der Waals surface area contributed by atoms with Crippen molar-refractivity contribution in [2.24, 2.45) is 11.3 Å². The van der Waals surface area contributed by atoms with Crippen LogP contribution in [0.2, 0.25) is 0 Å². The monoisotopic (exact) mass is 274 g/mol. The average Bonchev–Trinajstić information content (AvgIpc) is 2.35. The molecule has 1 saturated carbocycles. The summed E-state index contributed by atoms with van der Waals surface area (Å²) in [6, 6.07) is 6.28. The fourth-order valence-corrected chi connectivity index (χ4v) is 4.49. The van der Waals surface area contributed by atoms with E-state index in [0.29, 0.717) is 5.92 Å². The molecule has 0 radical (unpaired) electrons. The standard InChI is InChI=1S/C18H26O2/c1-13-10-17(2,3)12-18(19,11-13)15-8-4-6-14-7-5-9-20-16(14)15/h4,6,8,13,19H,5,7,9-12H2,1-3H3. The maximum atomic E-state index is 11.3. The minimum atomic E-state index is -0.732. The molecule has 1 aliphatic heterocycles. The van der Waals surface area contributed by atoms with E-state index in [9.17, 15) is 5.11 Å². The molecule has 0 spiro atoms. The summed E-state index contributed by atoms with van der Waals surface area (Å²) < 4.78 is 5.92. The van der Waals surface area contributed by atoms with Crippen molar-refractivity contribution in [3.05, 3.63) is 29.3 Å². The van der Waals surface area contributed by atoms with Gasteiger partial charge in [-0.25, -0.2) is 0 Å². The van der Waals surface area contributed by atoms with Crippen LogP contribution >= 0.6 is 0 Å². The van der Waals surface area contributed by atoms with Crippen molar-refractivity contribution >= 4 is 0 Å². The molecule has 0 saturated heterocycles. The predicted molar refractivity (Wildman–Crippen MR) is 81.0 cm³/mol. The van der Waals surface area contributed by atoms with Gasteiger partial charge in [-0.05, 0) is 49.0 Å². The summed E-state index contributed by atoms with van der Waals surface area (Å²) in [7, 11) is 0. The topological polar surface area (TPSA) is 29.5 Å². The highest BCUT2D eigenvalue weighted by atomic mass is 16.5. The molecule has 2 nitrogen and oxygen atoms in total. The van der Waals surface area contributed by atoms with E-state index < -0.39 is 5.60 Å². The van der Waals surface area contributed by atoms with Crippen LogP contribution in [0.25, 0.3) is 0 Å². The number of rotatable bonds is 1. The second-order valence-electron chi connectivity index (χ2n) is 7.63. The summed E-state index contributed by atoms with van der Waals surface area (Å²) in [5.41, 5.74) is 1.74. The predicted octanol–water partition coefficient (Wildman–Crippen LogP) is 4.05. The van der Waals surface area contributed by atoms with E-state index >= 15 is 0 Å². The molecule has 2 unspecified atom stereocenters. The van der Waals surface area contributed by atoms with Crippen molar-refractivity contribution in [2.45, 2.75) is 58.5 Å². The number of ether oxygens (including phenoxy) is 1. The van der Waals surface area contributed by atoms with Crippen molar-refractivity contribution in [3.8, 4) is 5.75 Å². The molecule has 2 heteroatoms. The molecule has 2 aliphatic rings. The van der Waals surface area contributed by atoms with Gasteiger partial charge in [0.2, 0.25) is 0 Å². The second-order valence-corrected chi connectivity index (χ2v) is 7.63. The first-order valence-electron chi connectivity index (χ1n) is 7.87. The zero-order valence-electron chi connectivity index (χ0n) is 12.9. The lowest BCUT2D eigenvalue weighted by molar-refractivity contribution is -0.0652. The van der Waals surface area contributed by atoms with E-state index in [-0.39, 0.29) is 5.41 Å². The van der Waals surface area contributed by atoms with Crippen LogP contribution < -0.4 is 4.74 Å². The maximum Gasteiger partial charge on any atom is 0.128 e. The first-order valence-corrected chi connectivity index (χ1v) is 7.87. The van der Waals surface area contributed by atoms with Crippen LogP contribution in [0, 0.1) is 11.3 Å². The Morgan fingerprint density at radius 2 is 2.05 bits per heavy atom. The molecule has 1 fully saturated rings. The van der Waals surface area contributed by atoms with E-state index in [2.05, 4.69) is 39.0 Å². The lowest BCUT2D eigenvalue weighted by Crippen LogP contribution is -2.40. The number of hydrogen-bond donors (Lipinski definition) is 1. The van der Waals surface area contributed by atoms with E-state index in [0.717, 1.165) is 43.6 Å². The molecule has 0 bridgehead atoms. The summed E-state index contributed by atoms with van der Waals surface area (Å²) in [4.78, 5) is 0. The zero-order chi connectivity index (χ0) is 14.4. The minimum absolute atomic E-state index is 0.184. The number of para-hydroxylation sites is 1. The second kappa shape index (κ2) is 4.77. The highest BCUT2D eigenvalue weighted by Crippen LogP contribution is 2.51. The smallest absolute Gasteiger partial charge is 0.128 e. The van der Waals surface area contributed by atoms with E-state index in [1.54, 1.807) is 0 Å². The number of aryl methyl sites for hydroxylation is 1. The van der Waals surface area contributed by atoms with Crippen LogP contribution in [0.5, 0.6) is 5.75 Å². The SMILES string of the molecule is CC1CC(C)(C)CC(O)(c2cccc3c2OCCC3)C1. The van der Waals surface area contributed by atoms with Gasteiger partial charge in [-0.1, -0.05) is 39.0 Å². The third-order valence-electron chi connectivity index (χ3n) is 4.79. The highest BCUT2D eigenvalue weighted by Gasteiger charge is 2.44. The molecule has 1 aromatic rings. The molecular formula is C18H26O2. The van der Waals surface area contributed by atoms with Gasteiger partial charge in [-0.2, -0.15) is 0 Å². The molecule has 110 valence electrons. The molecule has 0 amide bonds. The summed E-state index contributed by atoms with van der Waals surface area (Å²) in [5.74, 6) is 1.51. The van der Waals surface area contributed by atoms with Crippen molar-refractivity contribution in [1.29, 1.82) is 0 Å². The molecule has 2 atom stereocenters. The van der Waals surface area contributed by atoms with Gasteiger partial charge in [0.25, 0.3) is 0 Å². The molecular weight excluding hydrogens is 248 g/mol. The van der Waals surface area contributed by atoms with E-state index in [1.807, 2.05) is 0 Å². The highest BCUT2D eigenvalue weighted by molar-refractivity contribution is 5.46. The lowest BCUT2D eigenvalue weighted by atomic mass is 9.63. The van der Waals surface area contributed by atoms with Gasteiger partial charge in [0.05, 0.1) is 12.2 Å². The summed E-state index contributed by atoms with van der Waals surface area (Å²) in [6.45, 7) is 7.56. The van der Waals surface area contributed by atoms with Crippen molar-refractivity contribution < 1.29 is 9.84 Å². The maximum absolute atomic E-state index is 11.3. The summed E-state index contributed by atoms with van der Waals surface area (Å²) in [6.07, 6.45) is 5.00. The zero-order valence-corrected chi connectivity index (χ0v) is 12.9. The van der Waals surface area contributed by atoms with Gasteiger partial charge in [-0.15, -0.1) is 0 Å². The van der Waals surface area contributed by atoms with Gasteiger partial charge >= 0.3 is 0 Å². The third kappa shape index (κ3) is 2.46. The van der Waals surface area contributed by atoms with Crippen LogP contribution in [0.3, 0.4) is 0 Å². The molecule has 1 aliphatic carbocycles. The number of aliphatic hydroxyl groups is 1. The molecule has 1 N–H and O–H groups in total. The largest absolute Gasteiger partial charge is 0.493 e. The fourth-order valence-electron chi connectivity index (χ4n) is 4.49. The van der Waals surface area contributed by atoms with Crippen molar-refractivity contribution in [2.75, 3.05) is 6.61 Å². The number of benzene rings is 1.